The van der Waals surface area contributed by atoms with Gasteiger partial charge >= 0.3 is 0 Å². The topological polar surface area (TPSA) is 76.8 Å². The largest absolute Gasteiger partial charge is 0.497 e. The molecule has 1 aromatic rings. The lowest BCUT2D eigenvalue weighted by Crippen LogP contribution is -2.36. The molecule has 1 amide bonds. The van der Waals surface area contributed by atoms with Gasteiger partial charge in [-0.05, 0) is 6.07 Å². The number of ether oxygens (including phenoxy) is 2. The predicted octanol–water partition coefficient (Wildman–Crippen LogP) is 0.476. The highest BCUT2D eigenvalue weighted by atomic mass is 16.5. The van der Waals surface area contributed by atoms with E-state index >= 15 is 0 Å². The van der Waals surface area contributed by atoms with Crippen molar-refractivity contribution in [3.63, 3.8) is 0 Å². The van der Waals surface area contributed by atoms with Gasteiger partial charge in [0.1, 0.15) is 5.75 Å². The Morgan fingerprint density at radius 1 is 1.37 bits per heavy atom. The molecule has 0 atom stereocenters. The second-order valence-corrected chi connectivity index (χ2v) is 4.16. The molecule has 0 saturated carbocycles. The van der Waals surface area contributed by atoms with Crippen LogP contribution in [0.3, 0.4) is 0 Å². The van der Waals surface area contributed by atoms with Gasteiger partial charge in [-0.3, -0.25) is 4.79 Å². The third-order valence-corrected chi connectivity index (χ3v) is 2.60. The molecule has 0 aliphatic carbocycles. The van der Waals surface area contributed by atoms with Crippen molar-refractivity contribution in [2.75, 3.05) is 51.6 Å². The molecule has 19 heavy (non-hydrogen) atoms. The number of nitrogens with zero attached hydrogens (tertiary/aromatic N) is 1. The van der Waals surface area contributed by atoms with E-state index in [1.54, 1.807) is 31.3 Å². The number of nitrogens with two attached hydrogens (primary N) is 1. The number of rotatable bonds is 7. The maximum absolute atomic E-state index is 11.7. The molecule has 0 radical (unpaired) electrons. The van der Waals surface area contributed by atoms with Crippen molar-refractivity contribution < 1.29 is 14.3 Å². The van der Waals surface area contributed by atoms with Crippen molar-refractivity contribution in [2.45, 2.75) is 0 Å². The number of carbonyl (C=O) groups excluding carboxylic acids is 1. The number of carbonyl (C=O) groups is 1. The Labute approximate surface area is 113 Å². The summed E-state index contributed by atoms with van der Waals surface area (Å²) in [6, 6.07) is 5.36. The minimum Gasteiger partial charge on any atom is -0.497 e. The zero-order valence-corrected chi connectivity index (χ0v) is 11.6. The molecule has 0 bridgehead atoms. The van der Waals surface area contributed by atoms with E-state index in [0.29, 0.717) is 24.6 Å². The van der Waals surface area contributed by atoms with Crippen LogP contribution >= 0.6 is 0 Å². The Morgan fingerprint density at radius 3 is 2.74 bits per heavy atom. The fraction of sp³-hybridized carbons (Fsp3) is 0.462. The third-order valence-electron chi connectivity index (χ3n) is 2.60. The van der Waals surface area contributed by atoms with Gasteiger partial charge in [0.05, 0.1) is 20.3 Å². The quantitative estimate of drug-likeness (QED) is 0.555. The first-order chi connectivity index (χ1) is 9.06. The molecular weight excluding hydrogens is 246 g/mol. The van der Waals surface area contributed by atoms with Crippen LogP contribution in [0.5, 0.6) is 5.75 Å². The normalized spacial score (nSPS) is 10.1. The van der Waals surface area contributed by atoms with Crippen LogP contribution in [0.25, 0.3) is 0 Å². The summed E-state index contributed by atoms with van der Waals surface area (Å²) in [5.74, 6) is 0.600. The molecular formula is C13H21N3O3. The summed E-state index contributed by atoms with van der Waals surface area (Å²) in [6.45, 7) is 1.25. The molecule has 0 spiro atoms. The molecule has 6 heteroatoms. The van der Waals surface area contributed by atoms with Gasteiger partial charge in [0.25, 0.3) is 0 Å². The Bertz CT molecular complexity index is 424. The fourth-order valence-electron chi connectivity index (χ4n) is 1.60. The number of hydrogen-bond acceptors (Lipinski definition) is 5. The molecule has 3 N–H and O–H groups in total. The van der Waals surface area contributed by atoms with Gasteiger partial charge in [-0.2, -0.15) is 0 Å². The van der Waals surface area contributed by atoms with Crippen molar-refractivity contribution in [1.82, 2.24) is 5.32 Å². The highest BCUT2D eigenvalue weighted by Crippen LogP contribution is 2.24. The zero-order chi connectivity index (χ0) is 14.3. The smallest absolute Gasteiger partial charge is 0.239 e. The summed E-state index contributed by atoms with van der Waals surface area (Å²) in [7, 11) is 5.00. The number of anilines is 2. The molecule has 1 aromatic carbocycles. The summed E-state index contributed by atoms with van der Waals surface area (Å²) >= 11 is 0. The summed E-state index contributed by atoms with van der Waals surface area (Å²) < 4.78 is 10.0. The van der Waals surface area contributed by atoms with Crippen molar-refractivity contribution in [1.29, 1.82) is 0 Å². The minimum atomic E-state index is -0.0686. The van der Waals surface area contributed by atoms with Crippen LogP contribution in [0.2, 0.25) is 0 Å². The Kier molecular flexibility index (Phi) is 5.95. The SMILES string of the molecule is COCCNC(=O)CN(C)c1cc(N)cc(OC)c1. The first-order valence-electron chi connectivity index (χ1n) is 5.98. The summed E-state index contributed by atoms with van der Waals surface area (Å²) in [6.07, 6.45) is 0. The van der Waals surface area contributed by atoms with E-state index in [1.807, 2.05) is 13.1 Å². The Hall–Kier alpha value is -1.95. The van der Waals surface area contributed by atoms with E-state index in [9.17, 15) is 4.79 Å². The third kappa shape index (κ3) is 5.05. The highest BCUT2D eigenvalue weighted by molar-refractivity contribution is 5.81. The summed E-state index contributed by atoms with van der Waals surface area (Å²) in [5.41, 5.74) is 7.21. The molecule has 0 aliphatic rings. The maximum atomic E-state index is 11.7. The van der Waals surface area contributed by atoms with Crippen LogP contribution in [0.15, 0.2) is 18.2 Å². The summed E-state index contributed by atoms with van der Waals surface area (Å²) in [5, 5.41) is 2.76. The average molecular weight is 267 g/mol. The van der Waals surface area contributed by atoms with E-state index in [0.717, 1.165) is 5.69 Å². The van der Waals surface area contributed by atoms with Gasteiger partial charge in [0, 0.05) is 44.2 Å². The van der Waals surface area contributed by atoms with E-state index in [4.69, 9.17) is 15.2 Å². The summed E-state index contributed by atoms with van der Waals surface area (Å²) in [4.78, 5) is 13.5. The van der Waals surface area contributed by atoms with E-state index in [1.165, 1.54) is 0 Å². The van der Waals surface area contributed by atoms with Crippen molar-refractivity contribution in [3.8, 4) is 5.75 Å². The average Bonchev–Trinajstić information content (AvgIpc) is 2.38. The molecule has 0 unspecified atom stereocenters. The van der Waals surface area contributed by atoms with E-state index in [-0.39, 0.29) is 12.5 Å². The molecule has 6 nitrogen and oxygen atoms in total. The van der Waals surface area contributed by atoms with Gasteiger partial charge < -0.3 is 25.4 Å². The molecule has 0 heterocycles. The van der Waals surface area contributed by atoms with Crippen LogP contribution in [-0.2, 0) is 9.53 Å². The number of amides is 1. The first-order valence-corrected chi connectivity index (χ1v) is 5.98. The van der Waals surface area contributed by atoms with Crippen molar-refractivity contribution >= 4 is 17.3 Å². The van der Waals surface area contributed by atoms with Crippen LogP contribution in [0.1, 0.15) is 0 Å². The number of hydrogen-bond donors (Lipinski definition) is 2. The number of nitrogen functional groups attached to an aromatic ring is 1. The van der Waals surface area contributed by atoms with E-state index < -0.39 is 0 Å². The second kappa shape index (κ2) is 7.48. The van der Waals surface area contributed by atoms with Gasteiger partial charge in [-0.25, -0.2) is 0 Å². The van der Waals surface area contributed by atoms with Crippen LogP contribution in [0.4, 0.5) is 11.4 Å². The lowest BCUT2D eigenvalue weighted by molar-refractivity contribution is -0.119. The number of methoxy groups -OCH3 is 2. The Morgan fingerprint density at radius 2 is 2.11 bits per heavy atom. The van der Waals surface area contributed by atoms with E-state index in [2.05, 4.69) is 5.32 Å². The van der Waals surface area contributed by atoms with Gasteiger partial charge in [-0.1, -0.05) is 0 Å². The number of nitrogens with one attached hydrogen (secondary N) is 1. The molecule has 0 aliphatic heterocycles. The van der Waals surface area contributed by atoms with Crippen molar-refractivity contribution in [2.24, 2.45) is 0 Å². The van der Waals surface area contributed by atoms with Gasteiger partial charge in [-0.15, -0.1) is 0 Å². The van der Waals surface area contributed by atoms with Gasteiger partial charge in [0.2, 0.25) is 5.91 Å². The second-order valence-electron chi connectivity index (χ2n) is 4.16. The number of likely N-dealkylation sites (N-methyl/N-ethyl adjacent to an activating group) is 1. The predicted molar refractivity (Wildman–Crippen MR) is 75.6 cm³/mol. The standard InChI is InChI=1S/C13H21N3O3/c1-16(9-13(17)15-4-5-18-2)11-6-10(14)7-12(8-11)19-3/h6-8H,4-5,9,14H2,1-3H3,(H,15,17). The monoisotopic (exact) mass is 267 g/mol. The first kappa shape index (κ1) is 15.1. The minimum absolute atomic E-state index is 0.0686. The highest BCUT2D eigenvalue weighted by Gasteiger charge is 2.09. The fourth-order valence-corrected chi connectivity index (χ4v) is 1.60. The number of benzene rings is 1. The molecule has 0 saturated heterocycles. The van der Waals surface area contributed by atoms with Crippen LogP contribution in [-0.4, -0.2) is 46.9 Å². The van der Waals surface area contributed by atoms with Gasteiger partial charge in [0.15, 0.2) is 0 Å². The zero-order valence-electron chi connectivity index (χ0n) is 11.6. The lowest BCUT2D eigenvalue weighted by atomic mass is 10.2. The van der Waals surface area contributed by atoms with Crippen molar-refractivity contribution in [3.05, 3.63) is 18.2 Å². The van der Waals surface area contributed by atoms with Crippen LogP contribution < -0.4 is 20.7 Å². The molecule has 0 aromatic heterocycles. The molecule has 106 valence electrons. The molecule has 0 fully saturated rings. The maximum Gasteiger partial charge on any atom is 0.239 e. The molecule has 1 rings (SSSR count). The lowest BCUT2D eigenvalue weighted by Gasteiger charge is -2.20. The Balaban J connectivity index is 2.59. The van der Waals surface area contributed by atoms with Crippen LogP contribution in [0, 0.1) is 0 Å².